The van der Waals surface area contributed by atoms with E-state index in [4.69, 9.17) is 29.6 Å². The quantitative estimate of drug-likeness (QED) is 0.341. The predicted molar refractivity (Wildman–Crippen MR) is 69.3 cm³/mol. The molecule has 1 amide bonds. The van der Waals surface area contributed by atoms with Gasteiger partial charge in [-0.15, -0.1) is 0 Å². The van der Waals surface area contributed by atoms with Crippen LogP contribution >= 0.6 is 12.2 Å². The summed E-state index contributed by atoms with van der Waals surface area (Å²) in [5, 5.41) is 0. The van der Waals surface area contributed by atoms with Gasteiger partial charge in [-0.1, -0.05) is 18.2 Å². The summed E-state index contributed by atoms with van der Waals surface area (Å²) in [6.45, 7) is 7.18. The molecule has 0 N–H and O–H groups in total. The molecule has 0 bridgehead atoms. The second-order valence-electron chi connectivity index (χ2n) is 4.21. The fraction of sp³-hybridized carbons (Fsp3) is 0.800. The van der Waals surface area contributed by atoms with Crippen molar-refractivity contribution in [2.45, 2.75) is 13.8 Å². The number of carbonyl (C=O) groups excluding carboxylic acids is 1. The first-order valence-corrected chi connectivity index (χ1v) is 6.20. The molecular weight excluding hydrogens is 267 g/mol. The standard InChI is InChI=1S/C10H18N2O2S2.Na/c1-8(2)7-14-9(13)11-3-5-12(6-4-11)10(15)16;/h8H,3-7H2,1-2H3,(H,15,16);/q;+1/p-1. The molecule has 0 spiro atoms. The third-order valence-electron chi connectivity index (χ3n) is 2.34. The molecule has 0 aliphatic carbocycles. The van der Waals surface area contributed by atoms with Gasteiger partial charge in [-0.2, -0.15) is 0 Å². The fourth-order valence-electron chi connectivity index (χ4n) is 1.40. The topological polar surface area (TPSA) is 32.8 Å². The maximum atomic E-state index is 11.6. The number of piperazine rings is 1. The van der Waals surface area contributed by atoms with Crippen molar-refractivity contribution >= 4 is 35.3 Å². The van der Waals surface area contributed by atoms with E-state index >= 15 is 0 Å². The van der Waals surface area contributed by atoms with Crippen molar-refractivity contribution in [2.24, 2.45) is 5.92 Å². The molecule has 0 aromatic carbocycles. The van der Waals surface area contributed by atoms with Crippen LogP contribution in [0.25, 0.3) is 0 Å². The minimum atomic E-state index is -0.233. The summed E-state index contributed by atoms with van der Waals surface area (Å²) in [6, 6.07) is 0. The Balaban J connectivity index is 0.00000256. The van der Waals surface area contributed by atoms with Crippen molar-refractivity contribution in [3.05, 3.63) is 0 Å². The van der Waals surface area contributed by atoms with Crippen molar-refractivity contribution in [3.63, 3.8) is 0 Å². The Hall–Kier alpha value is 0.380. The van der Waals surface area contributed by atoms with Crippen LogP contribution in [0.2, 0.25) is 0 Å². The molecule has 0 atom stereocenters. The summed E-state index contributed by atoms with van der Waals surface area (Å²) in [5.74, 6) is 0.366. The molecule has 0 saturated carbocycles. The number of carbonyl (C=O) groups is 1. The van der Waals surface area contributed by atoms with Crippen LogP contribution in [0.15, 0.2) is 0 Å². The maximum absolute atomic E-state index is 11.6. The van der Waals surface area contributed by atoms with E-state index in [1.807, 2.05) is 18.7 Å². The van der Waals surface area contributed by atoms with Crippen molar-refractivity contribution in [3.8, 4) is 0 Å². The Bertz CT molecular complexity index is 269. The summed E-state index contributed by atoms with van der Waals surface area (Å²) in [7, 11) is 0. The Labute approximate surface area is 136 Å². The van der Waals surface area contributed by atoms with Crippen LogP contribution in [-0.2, 0) is 17.4 Å². The molecule has 1 heterocycles. The smallest absolute Gasteiger partial charge is 0.449 e. The second kappa shape index (κ2) is 8.48. The zero-order valence-electron chi connectivity index (χ0n) is 10.6. The number of rotatable bonds is 2. The van der Waals surface area contributed by atoms with Crippen molar-refractivity contribution in [1.82, 2.24) is 9.80 Å². The minimum absolute atomic E-state index is 0. The van der Waals surface area contributed by atoms with Crippen molar-refractivity contribution in [1.29, 1.82) is 0 Å². The molecule has 4 nitrogen and oxygen atoms in total. The number of nitrogens with zero attached hydrogens (tertiary/aromatic N) is 2. The number of hydrogen-bond donors (Lipinski definition) is 0. The average molecular weight is 284 g/mol. The van der Waals surface area contributed by atoms with Gasteiger partial charge in [0.15, 0.2) is 0 Å². The van der Waals surface area contributed by atoms with Gasteiger partial charge in [-0.05, 0) is 5.92 Å². The van der Waals surface area contributed by atoms with E-state index in [2.05, 4.69) is 0 Å². The van der Waals surface area contributed by atoms with E-state index in [-0.39, 0.29) is 35.7 Å². The molecule has 0 radical (unpaired) electrons. The summed E-state index contributed by atoms with van der Waals surface area (Å²) in [4.78, 5) is 15.2. The average Bonchev–Trinajstić information content (AvgIpc) is 2.26. The van der Waals surface area contributed by atoms with Gasteiger partial charge in [0.2, 0.25) is 0 Å². The number of thiocarbonyl (C=S) groups is 1. The molecule has 0 aromatic rings. The molecule has 1 fully saturated rings. The predicted octanol–water partition coefficient (Wildman–Crippen LogP) is -1.77. The van der Waals surface area contributed by atoms with E-state index < -0.39 is 0 Å². The monoisotopic (exact) mass is 284 g/mol. The van der Waals surface area contributed by atoms with Gasteiger partial charge in [-0.3, -0.25) is 0 Å². The summed E-state index contributed by atoms with van der Waals surface area (Å²) in [5.41, 5.74) is 0. The van der Waals surface area contributed by atoms with Gasteiger partial charge in [0.1, 0.15) is 0 Å². The molecule has 0 unspecified atom stereocenters. The van der Waals surface area contributed by atoms with Gasteiger partial charge in [0.05, 0.1) is 6.61 Å². The third kappa shape index (κ3) is 6.20. The molecule has 1 rings (SSSR count). The number of amides is 1. The van der Waals surface area contributed by atoms with E-state index in [1.54, 1.807) is 4.90 Å². The SMILES string of the molecule is CC(C)COC(=O)N1CCN(C(=S)[S-])CC1.[Na+]. The molecule has 1 aliphatic rings. The molecule has 1 saturated heterocycles. The van der Waals surface area contributed by atoms with Gasteiger partial charge in [-0.25, -0.2) is 4.79 Å². The van der Waals surface area contributed by atoms with Crippen LogP contribution in [0.3, 0.4) is 0 Å². The summed E-state index contributed by atoms with van der Waals surface area (Å²) in [6.07, 6.45) is -0.233. The van der Waals surface area contributed by atoms with Crippen LogP contribution in [-0.4, -0.2) is 53.0 Å². The Morgan fingerprint density at radius 1 is 1.29 bits per heavy atom. The molecule has 92 valence electrons. The van der Waals surface area contributed by atoms with E-state index in [1.165, 1.54) is 0 Å². The molecular formula is C10H17N2NaO2S2. The maximum Gasteiger partial charge on any atom is 1.00 e. The normalized spacial score (nSPS) is 15.5. The zero-order chi connectivity index (χ0) is 12.1. The first kappa shape index (κ1) is 17.4. The first-order chi connectivity index (χ1) is 7.50. The van der Waals surface area contributed by atoms with Gasteiger partial charge >= 0.3 is 35.7 Å². The van der Waals surface area contributed by atoms with Gasteiger partial charge < -0.3 is 39.4 Å². The van der Waals surface area contributed by atoms with Crippen molar-refractivity contribution < 1.29 is 39.1 Å². The largest absolute Gasteiger partial charge is 1.00 e. The minimum Gasteiger partial charge on any atom is -0.449 e. The molecule has 1 aliphatic heterocycles. The van der Waals surface area contributed by atoms with Crippen LogP contribution in [0.5, 0.6) is 0 Å². The molecule has 0 aromatic heterocycles. The van der Waals surface area contributed by atoms with Gasteiger partial charge in [0, 0.05) is 26.2 Å². The Morgan fingerprint density at radius 2 is 1.76 bits per heavy atom. The zero-order valence-corrected chi connectivity index (χ0v) is 14.3. The van der Waals surface area contributed by atoms with E-state index in [0.29, 0.717) is 43.0 Å². The van der Waals surface area contributed by atoms with E-state index in [0.717, 1.165) is 0 Å². The number of ether oxygens (including phenoxy) is 1. The van der Waals surface area contributed by atoms with Crippen LogP contribution in [0.1, 0.15) is 13.8 Å². The Morgan fingerprint density at radius 3 is 2.18 bits per heavy atom. The summed E-state index contributed by atoms with van der Waals surface area (Å²) >= 11 is 9.82. The fourth-order valence-corrected chi connectivity index (χ4v) is 1.77. The molecule has 7 heteroatoms. The van der Waals surface area contributed by atoms with Crippen LogP contribution in [0, 0.1) is 5.92 Å². The Kier molecular flexibility index (Phi) is 8.67. The molecule has 17 heavy (non-hydrogen) atoms. The third-order valence-corrected chi connectivity index (χ3v) is 2.85. The van der Waals surface area contributed by atoms with E-state index in [9.17, 15) is 4.79 Å². The van der Waals surface area contributed by atoms with Crippen LogP contribution < -0.4 is 29.6 Å². The first-order valence-electron chi connectivity index (χ1n) is 5.38. The second-order valence-corrected chi connectivity index (χ2v) is 5.24. The number of hydrogen-bond acceptors (Lipinski definition) is 4. The van der Waals surface area contributed by atoms with Crippen molar-refractivity contribution in [2.75, 3.05) is 32.8 Å². The van der Waals surface area contributed by atoms with Crippen LogP contribution in [0.4, 0.5) is 4.79 Å². The van der Waals surface area contributed by atoms with Gasteiger partial charge in [0.25, 0.3) is 0 Å². The summed E-state index contributed by atoms with van der Waals surface area (Å²) < 4.78 is 5.63.